The molecule has 1 aromatic rings. The Hall–Kier alpha value is -0.730. The van der Waals surface area contributed by atoms with Gasteiger partial charge in [-0.3, -0.25) is 0 Å². The molecule has 1 rings (SSSR count). The number of nitrogens with two attached hydrogens (primary N) is 1. The minimum atomic E-state index is -0.0499. The number of hydrogen-bond acceptors (Lipinski definition) is 2. The summed E-state index contributed by atoms with van der Waals surface area (Å²) >= 11 is 6.13. The molecule has 2 N–H and O–H groups in total. The summed E-state index contributed by atoms with van der Waals surface area (Å²) in [6.07, 6.45) is 1.01. The fraction of sp³-hybridized carbons (Fsp3) is 0.571. The van der Waals surface area contributed by atoms with E-state index in [0.29, 0.717) is 11.6 Å². The van der Waals surface area contributed by atoms with Crippen molar-refractivity contribution >= 4 is 11.6 Å². The summed E-state index contributed by atoms with van der Waals surface area (Å²) in [4.78, 5) is 0. The van der Waals surface area contributed by atoms with Gasteiger partial charge in [-0.25, -0.2) is 0 Å². The van der Waals surface area contributed by atoms with Gasteiger partial charge in [0.15, 0.2) is 0 Å². The van der Waals surface area contributed by atoms with Crippen molar-refractivity contribution < 1.29 is 4.74 Å². The first-order valence-electron chi connectivity index (χ1n) is 5.97. The predicted octanol–water partition coefficient (Wildman–Crippen LogP) is 4.17. The van der Waals surface area contributed by atoms with E-state index in [4.69, 9.17) is 22.1 Å². The van der Waals surface area contributed by atoms with Gasteiger partial charge in [-0.1, -0.05) is 38.4 Å². The average molecular weight is 256 g/mol. The first kappa shape index (κ1) is 14.3. The van der Waals surface area contributed by atoms with E-state index in [1.54, 1.807) is 0 Å². The third-order valence-corrected chi connectivity index (χ3v) is 2.91. The highest BCUT2D eigenvalue weighted by atomic mass is 35.5. The van der Waals surface area contributed by atoms with Crippen molar-refractivity contribution in [2.45, 2.75) is 40.2 Å². The van der Waals surface area contributed by atoms with Gasteiger partial charge < -0.3 is 10.5 Å². The molecule has 0 aromatic heterocycles. The Morgan fingerprint density at radius 2 is 2.00 bits per heavy atom. The fourth-order valence-corrected chi connectivity index (χ4v) is 1.78. The third kappa shape index (κ3) is 4.97. The Labute approximate surface area is 109 Å². The highest BCUT2D eigenvalue weighted by Gasteiger charge is 2.11. The summed E-state index contributed by atoms with van der Waals surface area (Å²) < 4.78 is 5.67. The Morgan fingerprint density at radius 1 is 1.35 bits per heavy atom. The minimum absolute atomic E-state index is 0.0499. The van der Waals surface area contributed by atoms with Crippen LogP contribution in [0.3, 0.4) is 0 Å². The molecule has 0 amide bonds. The molecule has 0 radical (unpaired) electrons. The zero-order chi connectivity index (χ0) is 13.1. The van der Waals surface area contributed by atoms with Crippen LogP contribution in [0.4, 0.5) is 0 Å². The van der Waals surface area contributed by atoms with E-state index in [-0.39, 0.29) is 11.5 Å². The van der Waals surface area contributed by atoms with E-state index in [1.165, 1.54) is 0 Å². The van der Waals surface area contributed by atoms with Crippen LogP contribution < -0.4 is 10.5 Å². The van der Waals surface area contributed by atoms with Crippen molar-refractivity contribution in [2.24, 2.45) is 11.1 Å². The molecule has 96 valence electrons. The van der Waals surface area contributed by atoms with Crippen LogP contribution in [-0.4, -0.2) is 6.61 Å². The van der Waals surface area contributed by atoms with Crippen LogP contribution in [0.2, 0.25) is 5.02 Å². The van der Waals surface area contributed by atoms with Crippen LogP contribution in [0.15, 0.2) is 18.2 Å². The van der Waals surface area contributed by atoms with Gasteiger partial charge in [0.2, 0.25) is 0 Å². The lowest BCUT2D eigenvalue weighted by Crippen LogP contribution is -2.11. The molecule has 1 aromatic carbocycles. The lowest BCUT2D eigenvalue weighted by molar-refractivity contribution is 0.243. The van der Waals surface area contributed by atoms with Gasteiger partial charge in [0, 0.05) is 11.1 Å². The molecule has 0 aliphatic rings. The van der Waals surface area contributed by atoms with Crippen LogP contribution >= 0.6 is 11.6 Å². The Morgan fingerprint density at radius 3 is 2.47 bits per heavy atom. The van der Waals surface area contributed by atoms with Crippen molar-refractivity contribution in [3.63, 3.8) is 0 Å². The zero-order valence-electron chi connectivity index (χ0n) is 11.1. The lowest BCUT2D eigenvalue weighted by atomic mass is 9.93. The zero-order valence-corrected chi connectivity index (χ0v) is 11.8. The van der Waals surface area contributed by atoms with Gasteiger partial charge >= 0.3 is 0 Å². The van der Waals surface area contributed by atoms with Crippen molar-refractivity contribution in [1.29, 1.82) is 0 Å². The van der Waals surface area contributed by atoms with Gasteiger partial charge in [-0.15, -0.1) is 0 Å². The number of ether oxygens (including phenoxy) is 1. The van der Waals surface area contributed by atoms with Crippen molar-refractivity contribution in [3.05, 3.63) is 28.8 Å². The molecule has 1 unspecified atom stereocenters. The van der Waals surface area contributed by atoms with Gasteiger partial charge in [0.1, 0.15) is 5.75 Å². The lowest BCUT2D eigenvalue weighted by Gasteiger charge is -2.18. The molecule has 0 saturated heterocycles. The molecular formula is C14H22ClNO. The largest absolute Gasteiger partial charge is 0.494 e. The number of rotatable bonds is 4. The molecular weight excluding hydrogens is 234 g/mol. The molecule has 1 atom stereocenters. The summed E-state index contributed by atoms with van der Waals surface area (Å²) in [5.74, 6) is 0.809. The molecule has 0 heterocycles. The molecule has 2 nitrogen and oxygen atoms in total. The quantitative estimate of drug-likeness (QED) is 0.876. The topological polar surface area (TPSA) is 35.2 Å². The number of hydrogen-bond donors (Lipinski definition) is 1. The van der Waals surface area contributed by atoms with Crippen molar-refractivity contribution in [2.75, 3.05) is 6.61 Å². The van der Waals surface area contributed by atoms with Crippen LogP contribution in [0.1, 0.15) is 45.7 Å². The van der Waals surface area contributed by atoms with E-state index in [1.807, 2.05) is 25.1 Å². The second-order valence-electron chi connectivity index (χ2n) is 5.63. The van der Waals surface area contributed by atoms with Crippen LogP contribution in [0.25, 0.3) is 0 Å². The maximum Gasteiger partial charge on any atom is 0.120 e. The monoisotopic (exact) mass is 255 g/mol. The third-order valence-electron chi connectivity index (χ3n) is 2.58. The van der Waals surface area contributed by atoms with Gasteiger partial charge in [0.05, 0.1) is 6.61 Å². The van der Waals surface area contributed by atoms with Crippen LogP contribution in [0.5, 0.6) is 5.75 Å². The summed E-state index contributed by atoms with van der Waals surface area (Å²) in [5.41, 5.74) is 7.04. The van der Waals surface area contributed by atoms with Crippen LogP contribution in [0, 0.1) is 5.41 Å². The second-order valence-corrected chi connectivity index (χ2v) is 6.04. The normalized spacial score (nSPS) is 13.5. The molecule has 0 fully saturated rings. The highest BCUT2D eigenvalue weighted by molar-refractivity contribution is 6.31. The van der Waals surface area contributed by atoms with E-state index in [0.717, 1.165) is 17.7 Å². The summed E-state index contributed by atoms with van der Waals surface area (Å²) in [6, 6.07) is 5.64. The van der Waals surface area contributed by atoms with Crippen LogP contribution in [-0.2, 0) is 0 Å². The van der Waals surface area contributed by atoms with E-state index >= 15 is 0 Å². The molecule has 17 heavy (non-hydrogen) atoms. The molecule has 0 saturated carbocycles. The standard InChI is InChI=1S/C14H22ClNO/c1-10(16)12-6-5-11(9-13(12)15)17-8-7-14(2,3)4/h5-6,9-10H,7-8,16H2,1-4H3. The number of benzene rings is 1. The highest BCUT2D eigenvalue weighted by Crippen LogP contribution is 2.27. The molecule has 0 aliphatic heterocycles. The smallest absolute Gasteiger partial charge is 0.120 e. The average Bonchev–Trinajstić information content (AvgIpc) is 2.15. The molecule has 0 aliphatic carbocycles. The Bertz CT molecular complexity index is 369. The summed E-state index contributed by atoms with van der Waals surface area (Å²) in [5, 5.41) is 0.674. The van der Waals surface area contributed by atoms with Gasteiger partial charge in [0.25, 0.3) is 0 Å². The molecule has 0 spiro atoms. The first-order valence-corrected chi connectivity index (χ1v) is 6.35. The maximum atomic E-state index is 6.13. The second kappa shape index (κ2) is 5.74. The summed E-state index contributed by atoms with van der Waals surface area (Å²) in [6.45, 7) is 9.21. The van der Waals surface area contributed by atoms with Crippen molar-refractivity contribution in [1.82, 2.24) is 0 Å². The maximum absolute atomic E-state index is 6.13. The van der Waals surface area contributed by atoms with E-state index < -0.39 is 0 Å². The van der Waals surface area contributed by atoms with Crippen molar-refractivity contribution in [3.8, 4) is 5.75 Å². The summed E-state index contributed by atoms with van der Waals surface area (Å²) in [7, 11) is 0. The SMILES string of the molecule is CC(N)c1ccc(OCCC(C)(C)C)cc1Cl. The minimum Gasteiger partial charge on any atom is -0.494 e. The molecule has 3 heteroatoms. The first-order chi connectivity index (χ1) is 7.79. The Kier molecular flexibility index (Phi) is 4.84. The van der Waals surface area contributed by atoms with E-state index in [9.17, 15) is 0 Å². The van der Waals surface area contributed by atoms with E-state index in [2.05, 4.69) is 20.8 Å². The molecule has 0 bridgehead atoms. The van der Waals surface area contributed by atoms with Gasteiger partial charge in [-0.05, 0) is 36.5 Å². The Balaban J connectivity index is 2.59. The fourth-order valence-electron chi connectivity index (χ4n) is 1.44. The number of halogens is 1. The predicted molar refractivity (Wildman–Crippen MR) is 73.6 cm³/mol. The van der Waals surface area contributed by atoms with Gasteiger partial charge in [-0.2, -0.15) is 0 Å².